The number of rotatable bonds is 4. The van der Waals surface area contributed by atoms with Gasteiger partial charge in [0.05, 0.1) is 0 Å². The van der Waals surface area contributed by atoms with Crippen molar-refractivity contribution in [2.45, 2.75) is 25.8 Å². The molecule has 1 aromatic rings. The van der Waals surface area contributed by atoms with Crippen LogP contribution in [0.25, 0.3) is 0 Å². The summed E-state index contributed by atoms with van der Waals surface area (Å²) in [7, 11) is 0. The molecule has 2 unspecified atom stereocenters. The molecular weight excluding hydrogens is 267 g/mol. The lowest BCUT2D eigenvalue weighted by Crippen LogP contribution is -2.39. The molecular formula is C14H20ClFN2O. The Balaban J connectivity index is 0.00000180. The Morgan fingerprint density at radius 3 is 3.00 bits per heavy atom. The highest BCUT2D eigenvalue weighted by molar-refractivity contribution is 5.85. The van der Waals surface area contributed by atoms with Crippen molar-refractivity contribution in [3.05, 3.63) is 35.6 Å². The predicted molar refractivity (Wildman–Crippen MR) is 75.9 cm³/mol. The molecule has 3 nitrogen and oxygen atoms in total. The van der Waals surface area contributed by atoms with Gasteiger partial charge in [-0.1, -0.05) is 19.1 Å². The van der Waals surface area contributed by atoms with E-state index in [1.807, 2.05) is 13.0 Å². The molecule has 0 aliphatic carbocycles. The highest BCUT2D eigenvalue weighted by Gasteiger charge is 2.20. The van der Waals surface area contributed by atoms with Gasteiger partial charge in [0.1, 0.15) is 5.82 Å². The van der Waals surface area contributed by atoms with Gasteiger partial charge in [-0.15, -0.1) is 12.4 Å². The van der Waals surface area contributed by atoms with E-state index >= 15 is 0 Å². The molecule has 1 heterocycles. The maximum atomic E-state index is 13.0. The summed E-state index contributed by atoms with van der Waals surface area (Å²) in [6, 6.07) is 6.67. The van der Waals surface area contributed by atoms with E-state index in [2.05, 4.69) is 10.6 Å². The van der Waals surface area contributed by atoms with Crippen LogP contribution in [0.15, 0.2) is 24.3 Å². The fourth-order valence-corrected chi connectivity index (χ4v) is 2.23. The summed E-state index contributed by atoms with van der Waals surface area (Å²) < 4.78 is 13.0. The third kappa shape index (κ3) is 4.80. The Labute approximate surface area is 119 Å². The molecule has 5 heteroatoms. The Morgan fingerprint density at radius 2 is 2.37 bits per heavy atom. The van der Waals surface area contributed by atoms with E-state index in [4.69, 9.17) is 0 Å². The third-order valence-electron chi connectivity index (χ3n) is 3.29. The molecule has 1 aliphatic heterocycles. The number of amides is 1. The number of carbonyl (C=O) groups excluding carboxylic acids is 1. The summed E-state index contributed by atoms with van der Waals surface area (Å²) in [4.78, 5) is 12.0. The van der Waals surface area contributed by atoms with Gasteiger partial charge in [0.2, 0.25) is 5.91 Å². The first-order valence-electron chi connectivity index (χ1n) is 6.40. The summed E-state index contributed by atoms with van der Waals surface area (Å²) in [6.45, 7) is 3.68. The maximum absolute atomic E-state index is 13.0. The Hall–Kier alpha value is -1.13. The maximum Gasteiger partial charge on any atom is 0.223 e. The van der Waals surface area contributed by atoms with Crippen molar-refractivity contribution in [2.75, 3.05) is 13.1 Å². The minimum absolute atomic E-state index is 0. The standard InChI is InChI=1S/C14H19FN2O.ClH/c1-10(7-11-3-2-4-12(15)8-11)14(18)17-13-5-6-16-9-13;/h2-4,8,10,13,16H,5-7,9H2,1H3,(H,17,18);1H. The first-order valence-corrected chi connectivity index (χ1v) is 6.40. The zero-order valence-corrected chi connectivity index (χ0v) is 11.8. The van der Waals surface area contributed by atoms with Crippen molar-refractivity contribution in [1.29, 1.82) is 0 Å². The van der Waals surface area contributed by atoms with E-state index < -0.39 is 0 Å². The monoisotopic (exact) mass is 286 g/mol. The lowest BCUT2D eigenvalue weighted by molar-refractivity contribution is -0.125. The van der Waals surface area contributed by atoms with Crippen LogP contribution in [0.1, 0.15) is 18.9 Å². The average Bonchev–Trinajstić information content (AvgIpc) is 2.81. The van der Waals surface area contributed by atoms with E-state index in [-0.39, 0.29) is 36.1 Å². The second-order valence-electron chi connectivity index (χ2n) is 4.93. The van der Waals surface area contributed by atoms with Crippen molar-refractivity contribution in [3.63, 3.8) is 0 Å². The van der Waals surface area contributed by atoms with Gasteiger partial charge in [0, 0.05) is 18.5 Å². The van der Waals surface area contributed by atoms with Crippen molar-refractivity contribution in [1.82, 2.24) is 10.6 Å². The summed E-state index contributed by atoms with van der Waals surface area (Å²) in [5, 5.41) is 6.23. The lowest BCUT2D eigenvalue weighted by atomic mass is 10.00. The average molecular weight is 287 g/mol. The topological polar surface area (TPSA) is 41.1 Å². The van der Waals surface area contributed by atoms with Gasteiger partial charge < -0.3 is 10.6 Å². The molecule has 19 heavy (non-hydrogen) atoms. The van der Waals surface area contributed by atoms with Gasteiger partial charge in [0.25, 0.3) is 0 Å². The number of benzene rings is 1. The minimum Gasteiger partial charge on any atom is -0.352 e. The van der Waals surface area contributed by atoms with Crippen LogP contribution < -0.4 is 10.6 Å². The molecule has 1 aromatic carbocycles. The Bertz CT molecular complexity index is 422. The quantitative estimate of drug-likeness (QED) is 0.888. The number of nitrogens with one attached hydrogen (secondary N) is 2. The lowest BCUT2D eigenvalue weighted by Gasteiger charge is -2.16. The van der Waals surface area contributed by atoms with Crippen LogP contribution in [0.3, 0.4) is 0 Å². The SMILES string of the molecule is CC(Cc1cccc(F)c1)C(=O)NC1CCNC1.Cl. The van der Waals surface area contributed by atoms with E-state index in [0.29, 0.717) is 6.42 Å². The summed E-state index contributed by atoms with van der Waals surface area (Å²) in [5.74, 6) is -0.333. The van der Waals surface area contributed by atoms with E-state index in [9.17, 15) is 9.18 Å². The largest absolute Gasteiger partial charge is 0.352 e. The summed E-state index contributed by atoms with van der Waals surface area (Å²) >= 11 is 0. The van der Waals surface area contributed by atoms with Crippen LogP contribution in [0, 0.1) is 11.7 Å². The van der Waals surface area contributed by atoms with Gasteiger partial charge in [-0.25, -0.2) is 4.39 Å². The molecule has 0 saturated carbocycles. The van der Waals surface area contributed by atoms with Crippen LogP contribution in [-0.2, 0) is 11.2 Å². The molecule has 0 radical (unpaired) electrons. The predicted octanol–water partition coefficient (Wildman–Crippen LogP) is 1.90. The van der Waals surface area contributed by atoms with Gasteiger partial charge in [0.15, 0.2) is 0 Å². The van der Waals surface area contributed by atoms with Crippen LogP contribution in [0.5, 0.6) is 0 Å². The number of carbonyl (C=O) groups is 1. The first kappa shape index (κ1) is 15.9. The Morgan fingerprint density at radius 1 is 1.58 bits per heavy atom. The normalized spacial score (nSPS) is 19.6. The molecule has 1 saturated heterocycles. The second-order valence-corrected chi connectivity index (χ2v) is 4.93. The minimum atomic E-state index is -0.250. The van der Waals surface area contributed by atoms with E-state index in [1.54, 1.807) is 6.07 Å². The molecule has 1 fully saturated rings. The van der Waals surface area contributed by atoms with Crippen LogP contribution >= 0.6 is 12.4 Å². The van der Waals surface area contributed by atoms with Crippen molar-refractivity contribution >= 4 is 18.3 Å². The zero-order chi connectivity index (χ0) is 13.0. The van der Waals surface area contributed by atoms with Crippen molar-refractivity contribution in [3.8, 4) is 0 Å². The molecule has 2 rings (SSSR count). The van der Waals surface area contributed by atoms with Crippen LogP contribution in [0.4, 0.5) is 4.39 Å². The Kier molecular flexibility index (Phi) is 6.25. The third-order valence-corrected chi connectivity index (χ3v) is 3.29. The summed E-state index contributed by atoms with van der Waals surface area (Å²) in [5.41, 5.74) is 0.863. The molecule has 2 N–H and O–H groups in total. The molecule has 2 atom stereocenters. The number of hydrogen-bond acceptors (Lipinski definition) is 2. The highest BCUT2D eigenvalue weighted by Crippen LogP contribution is 2.11. The van der Waals surface area contributed by atoms with Gasteiger partial charge in [-0.2, -0.15) is 0 Å². The first-order chi connectivity index (χ1) is 8.65. The van der Waals surface area contributed by atoms with Crippen molar-refractivity contribution < 1.29 is 9.18 Å². The highest BCUT2D eigenvalue weighted by atomic mass is 35.5. The summed E-state index contributed by atoms with van der Waals surface area (Å²) in [6.07, 6.45) is 1.56. The fourth-order valence-electron chi connectivity index (χ4n) is 2.23. The molecule has 1 amide bonds. The second kappa shape index (κ2) is 7.46. The molecule has 106 valence electrons. The molecule has 1 aliphatic rings. The van der Waals surface area contributed by atoms with Crippen molar-refractivity contribution in [2.24, 2.45) is 5.92 Å². The zero-order valence-electron chi connectivity index (χ0n) is 11.0. The fraction of sp³-hybridized carbons (Fsp3) is 0.500. The number of hydrogen-bond donors (Lipinski definition) is 2. The molecule has 0 aromatic heterocycles. The van der Waals surface area contributed by atoms with Gasteiger partial charge in [-0.05, 0) is 37.1 Å². The number of halogens is 2. The van der Waals surface area contributed by atoms with Gasteiger partial charge in [-0.3, -0.25) is 4.79 Å². The van der Waals surface area contributed by atoms with E-state index in [1.165, 1.54) is 12.1 Å². The van der Waals surface area contributed by atoms with E-state index in [0.717, 1.165) is 25.1 Å². The van der Waals surface area contributed by atoms with Crippen LogP contribution in [0.2, 0.25) is 0 Å². The van der Waals surface area contributed by atoms with Gasteiger partial charge >= 0.3 is 0 Å². The smallest absolute Gasteiger partial charge is 0.223 e. The molecule has 0 spiro atoms. The molecule has 0 bridgehead atoms. The van der Waals surface area contributed by atoms with Crippen LogP contribution in [-0.4, -0.2) is 25.0 Å².